The zero-order chi connectivity index (χ0) is 37.1. The number of aliphatic hydroxyl groups excluding tert-OH is 1. The van der Waals surface area contributed by atoms with E-state index in [1.165, 1.54) is 199 Å². The van der Waals surface area contributed by atoms with E-state index in [-0.39, 0.29) is 12.6 Å². The maximum Gasteiger partial charge on any atom is 0.305 e. The highest BCUT2D eigenvalue weighted by Crippen LogP contribution is 2.21. The lowest BCUT2D eigenvalue weighted by atomic mass is 9.93. The van der Waals surface area contributed by atoms with E-state index < -0.39 is 0 Å². The van der Waals surface area contributed by atoms with Crippen molar-refractivity contribution in [3.63, 3.8) is 0 Å². The molecule has 0 aliphatic carbocycles. The quantitative estimate of drug-likeness (QED) is 0.0387. The van der Waals surface area contributed by atoms with E-state index in [2.05, 4.69) is 37.8 Å². The van der Waals surface area contributed by atoms with Gasteiger partial charge in [-0.2, -0.15) is 0 Å². The molecular formula is C47H93NO3. The first-order valence-electron chi connectivity index (χ1n) is 23.3. The lowest BCUT2D eigenvalue weighted by Crippen LogP contribution is -2.29. The molecule has 1 atom stereocenters. The maximum absolute atomic E-state index is 12.0. The van der Waals surface area contributed by atoms with Gasteiger partial charge in [0.2, 0.25) is 0 Å². The number of carbonyl (C=O) groups excluding carboxylic acids is 1. The van der Waals surface area contributed by atoms with Gasteiger partial charge in [-0.3, -0.25) is 4.79 Å². The van der Waals surface area contributed by atoms with Crippen LogP contribution >= 0.6 is 0 Å². The summed E-state index contributed by atoms with van der Waals surface area (Å²) in [6, 6.07) is 0. The second-order valence-electron chi connectivity index (χ2n) is 16.0. The number of esters is 1. The van der Waals surface area contributed by atoms with Crippen molar-refractivity contribution in [1.82, 2.24) is 4.90 Å². The summed E-state index contributed by atoms with van der Waals surface area (Å²) >= 11 is 0. The molecule has 0 fully saturated rings. The minimum atomic E-state index is -0.0108. The molecule has 0 radical (unpaired) electrons. The number of unbranched alkanes of at least 4 members (excludes halogenated alkanes) is 27. The Morgan fingerprint density at radius 2 is 0.922 bits per heavy atom. The van der Waals surface area contributed by atoms with Crippen LogP contribution < -0.4 is 0 Å². The van der Waals surface area contributed by atoms with E-state index >= 15 is 0 Å². The first-order valence-corrected chi connectivity index (χ1v) is 23.3. The molecule has 1 N–H and O–H groups in total. The molecule has 0 aromatic heterocycles. The third-order valence-corrected chi connectivity index (χ3v) is 10.9. The second kappa shape index (κ2) is 43.5. The van der Waals surface area contributed by atoms with Gasteiger partial charge in [-0.1, -0.05) is 200 Å². The number of nitrogens with zero attached hydrogens (tertiary/aromatic N) is 1. The average molecular weight is 720 g/mol. The molecular weight excluding hydrogens is 627 g/mol. The largest absolute Gasteiger partial charge is 0.466 e. The molecule has 0 rings (SSSR count). The minimum absolute atomic E-state index is 0.0108. The van der Waals surface area contributed by atoms with Gasteiger partial charge in [-0.25, -0.2) is 0 Å². The van der Waals surface area contributed by atoms with Gasteiger partial charge < -0.3 is 14.7 Å². The smallest absolute Gasteiger partial charge is 0.305 e. The van der Waals surface area contributed by atoms with Gasteiger partial charge in [0.15, 0.2) is 0 Å². The van der Waals surface area contributed by atoms with Crippen LogP contribution in [0.25, 0.3) is 0 Å². The predicted octanol–water partition coefficient (Wildman–Crippen LogP) is 14.7. The lowest BCUT2D eigenvalue weighted by Gasteiger charge is -2.21. The number of ether oxygens (including phenoxy) is 1. The average Bonchev–Trinajstić information content (AvgIpc) is 3.13. The van der Waals surface area contributed by atoms with Gasteiger partial charge in [-0.15, -0.1) is 0 Å². The van der Waals surface area contributed by atoms with Gasteiger partial charge in [0.25, 0.3) is 0 Å². The van der Waals surface area contributed by atoms with Gasteiger partial charge in [0.05, 0.1) is 13.2 Å². The molecule has 4 nitrogen and oxygen atoms in total. The van der Waals surface area contributed by atoms with E-state index in [9.17, 15) is 9.90 Å². The summed E-state index contributed by atoms with van der Waals surface area (Å²) in [6.07, 6.45) is 50.5. The summed E-state index contributed by atoms with van der Waals surface area (Å²) in [4.78, 5) is 14.4. The number of carbonyl (C=O) groups is 1. The topological polar surface area (TPSA) is 49.8 Å². The Hall–Kier alpha value is -0.870. The SMILES string of the molecule is CCCCCCCCCCC(/C=C\CCCCCCCN(CCO)CCCCCCCC(=O)OCCCCCCCCC)CCCCCCCC. The molecule has 4 heteroatoms. The van der Waals surface area contributed by atoms with Crippen LogP contribution in [-0.4, -0.2) is 48.8 Å². The number of hydrogen-bond acceptors (Lipinski definition) is 4. The van der Waals surface area contributed by atoms with Crippen LogP contribution in [0.5, 0.6) is 0 Å². The predicted molar refractivity (Wildman–Crippen MR) is 226 cm³/mol. The normalized spacial score (nSPS) is 12.4. The van der Waals surface area contributed by atoms with Crippen molar-refractivity contribution in [2.45, 2.75) is 245 Å². The summed E-state index contributed by atoms with van der Waals surface area (Å²) in [5.74, 6) is 0.797. The van der Waals surface area contributed by atoms with Crippen molar-refractivity contribution >= 4 is 5.97 Å². The molecule has 0 bridgehead atoms. The van der Waals surface area contributed by atoms with Crippen LogP contribution in [0.4, 0.5) is 0 Å². The molecule has 0 aromatic carbocycles. The van der Waals surface area contributed by atoms with Crippen LogP contribution in [0.1, 0.15) is 245 Å². The monoisotopic (exact) mass is 720 g/mol. The molecule has 51 heavy (non-hydrogen) atoms. The second-order valence-corrected chi connectivity index (χ2v) is 16.0. The molecule has 0 spiro atoms. The molecule has 1 unspecified atom stereocenters. The third-order valence-electron chi connectivity index (χ3n) is 10.9. The minimum Gasteiger partial charge on any atom is -0.466 e. The molecule has 0 saturated heterocycles. The first kappa shape index (κ1) is 50.1. The molecule has 0 aromatic rings. The van der Waals surface area contributed by atoms with Crippen molar-refractivity contribution in [2.75, 3.05) is 32.8 Å². The number of hydrogen-bond donors (Lipinski definition) is 1. The van der Waals surface area contributed by atoms with Gasteiger partial charge >= 0.3 is 5.97 Å². The number of rotatable bonds is 43. The van der Waals surface area contributed by atoms with Crippen molar-refractivity contribution in [1.29, 1.82) is 0 Å². The number of allylic oxidation sites excluding steroid dienone is 2. The van der Waals surface area contributed by atoms with Crippen LogP contribution in [0, 0.1) is 5.92 Å². The summed E-state index contributed by atoms with van der Waals surface area (Å²) < 4.78 is 5.42. The van der Waals surface area contributed by atoms with Crippen molar-refractivity contribution in [2.24, 2.45) is 5.92 Å². The van der Waals surface area contributed by atoms with Gasteiger partial charge in [0, 0.05) is 13.0 Å². The van der Waals surface area contributed by atoms with Crippen LogP contribution in [0.2, 0.25) is 0 Å². The van der Waals surface area contributed by atoms with Crippen LogP contribution in [0.15, 0.2) is 12.2 Å². The van der Waals surface area contributed by atoms with Gasteiger partial charge in [-0.05, 0) is 70.4 Å². The molecule has 0 aliphatic heterocycles. The molecule has 0 aliphatic rings. The fourth-order valence-electron chi connectivity index (χ4n) is 7.41. The molecule has 0 heterocycles. The Balaban J connectivity index is 3.94. The number of aliphatic hydroxyl groups is 1. The van der Waals surface area contributed by atoms with E-state index in [0.717, 1.165) is 44.8 Å². The Labute approximate surface area is 321 Å². The summed E-state index contributed by atoms with van der Waals surface area (Å²) in [7, 11) is 0. The van der Waals surface area contributed by atoms with Crippen LogP contribution in [-0.2, 0) is 9.53 Å². The van der Waals surface area contributed by atoms with Gasteiger partial charge in [0.1, 0.15) is 0 Å². The van der Waals surface area contributed by atoms with Crippen molar-refractivity contribution < 1.29 is 14.6 Å². The van der Waals surface area contributed by atoms with Crippen molar-refractivity contribution in [3.8, 4) is 0 Å². The van der Waals surface area contributed by atoms with E-state index in [1.54, 1.807) is 0 Å². The molecule has 0 saturated carbocycles. The Morgan fingerprint density at radius 3 is 1.41 bits per heavy atom. The standard InChI is InChI=1S/C47H93NO3/c1-4-7-10-13-16-18-24-31-38-46(37-30-23-15-12-9-6-3)39-32-25-19-17-20-27-34-41-48(43-44-49)42-35-28-22-26-33-40-47(50)51-45-36-29-21-14-11-8-5-2/h32,39,46,49H,4-31,33-38,40-45H2,1-3H3/b39-32-. The first-order chi connectivity index (χ1) is 25.2. The van der Waals surface area contributed by atoms with Crippen molar-refractivity contribution in [3.05, 3.63) is 12.2 Å². The Kier molecular flexibility index (Phi) is 42.8. The zero-order valence-corrected chi connectivity index (χ0v) is 35.2. The Morgan fingerprint density at radius 1 is 0.510 bits per heavy atom. The van der Waals surface area contributed by atoms with E-state index in [0.29, 0.717) is 13.0 Å². The third kappa shape index (κ3) is 40.2. The highest BCUT2D eigenvalue weighted by atomic mass is 16.5. The fraction of sp³-hybridized carbons (Fsp3) is 0.936. The van der Waals surface area contributed by atoms with E-state index in [4.69, 9.17) is 4.74 Å². The molecule has 304 valence electrons. The highest BCUT2D eigenvalue weighted by molar-refractivity contribution is 5.69. The highest BCUT2D eigenvalue weighted by Gasteiger charge is 2.07. The zero-order valence-electron chi connectivity index (χ0n) is 35.2. The fourth-order valence-corrected chi connectivity index (χ4v) is 7.41. The Bertz CT molecular complexity index is 695. The summed E-state index contributed by atoms with van der Waals surface area (Å²) in [5, 5.41) is 9.57. The summed E-state index contributed by atoms with van der Waals surface area (Å²) in [6.45, 7) is 10.7. The molecule has 0 amide bonds. The maximum atomic E-state index is 12.0. The van der Waals surface area contributed by atoms with E-state index in [1.807, 2.05) is 0 Å². The van der Waals surface area contributed by atoms with Crippen LogP contribution in [0.3, 0.4) is 0 Å². The summed E-state index contributed by atoms with van der Waals surface area (Å²) in [5.41, 5.74) is 0. The lowest BCUT2D eigenvalue weighted by molar-refractivity contribution is -0.143.